The van der Waals surface area contributed by atoms with Crippen molar-refractivity contribution in [2.45, 2.75) is 32.5 Å². The molecule has 0 spiro atoms. The molecule has 126 valence electrons. The Morgan fingerprint density at radius 1 is 1.19 bits per heavy atom. The van der Waals surface area contributed by atoms with Crippen molar-refractivity contribution in [3.63, 3.8) is 0 Å². The molecule has 1 aliphatic rings. The average Bonchev–Trinajstić information content (AvgIpc) is 2.41. The van der Waals surface area contributed by atoms with Crippen LogP contribution in [0.3, 0.4) is 0 Å². The number of ether oxygens (including phenoxy) is 1. The summed E-state index contributed by atoms with van der Waals surface area (Å²) in [5.74, 6) is 0. The Morgan fingerprint density at radius 3 is 2.43 bits per heavy atom. The first kappa shape index (κ1) is 18.7. The van der Waals surface area contributed by atoms with E-state index in [9.17, 15) is 13.2 Å². The molecule has 1 N–H and O–H groups in total. The third-order valence-electron chi connectivity index (χ3n) is 3.72. The Labute approximate surface area is 125 Å². The topological polar surface area (TPSA) is 27.7 Å². The zero-order chi connectivity index (χ0) is 15.7. The number of piperazine rings is 1. The first-order valence-electron chi connectivity index (χ1n) is 7.74. The van der Waals surface area contributed by atoms with E-state index in [0.717, 1.165) is 32.7 Å². The Balaban J connectivity index is 2.10. The molecule has 0 bridgehead atoms. The molecule has 0 saturated carbocycles. The smallest absolute Gasteiger partial charge is 0.382 e. The van der Waals surface area contributed by atoms with Crippen molar-refractivity contribution in [2.75, 3.05) is 59.0 Å². The van der Waals surface area contributed by atoms with Gasteiger partial charge in [0.25, 0.3) is 0 Å². The largest absolute Gasteiger partial charge is 0.401 e. The van der Waals surface area contributed by atoms with Gasteiger partial charge in [-0.1, -0.05) is 0 Å². The van der Waals surface area contributed by atoms with Crippen LogP contribution in [-0.4, -0.2) is 81.0 Å². The Kier molecular flexibility index (Phi) is 8.55. The second-order valence-corrected chi connectivity index (χ2v) is 5.53. The number of nitrogens with one attached hydrogen (secondary N) is 1. The van der Waals surface area contributed by atoms with Crippen molar-refractivity contribution >= 4 is 0 Å². The Hall–Kier alpha value is -0.370. The van der Waals surface area contributed by atoms with Crippen LogP contribution in [0.1, 0.15) is 20.3 Å². The minimum absolute atomic E-state index is 0.352. The third-order valence-corrected chi connectivity index (χ3v) is 3.72. The second kappa shape index (κ2) is 9.61. The van der Waals surface area contributed by atoms with Gasteiger partial charge in [-0.2, -0.15) is 13.2 Å². The van der Waals surface area contributed by atoms with E-state index in [4.69, 9.17) is 4.74 Å². The molecule has 1 rings (SSSR count). The van der Waals surface area contributed by atoms with Crippen LogP contribution >= 0.6 is 0 Å². The van der Waals surface area contributed by atoms with Gasteiger partial charge in [0.15, 0.2) is 0 Å². The van der Waals surface area contributed by atoms with Crippen LogP contribution < -0.4 is 5.32 Å². The molecule has 1 unspecified atom stereocenters. The van der Waals surface area contributed by atoms with E-state index in [-0.39, 0.29) is 0 Å². The van der Waals surface area contributed by atoms with E-state index in [0.29, 0.717) is 32.2 Å². The van der Waals surface area contributed by atoms with Crippen molar-refractivity contribution < 1.29 is 17.9 Å². The predicted octanol–water partition coefficient (Wildman–Crippen LogP) is 1.57. The summed E-state index contributed by atoms with van der Waals surface area (Å²) in [5, 5.41) is 3.38. The molecule has 1 atom stereocenters. The molecule has 7 heteroatoms. The minimum Gasteiger partial charge on any atom is -0.382 e. The summed E-state index contributed by atoms with van der Waals surface area (Å²) in [6.07, 6.45) is -3.10. The highest BCUT2D eigenvalue weighted by molar-refractivity contribution is 4.78. The second-order valence-electron chi connectivity index (χ2n) is 5.53. The average molecular weight is 311 g/mol. The van der Waals surface area contributed by atoms with Crippen molar-refractivity contribution in [1.29, 1.82) is 0 Å². The van der Waals surface area contributed by atoms with Gasteiger partial charge in [0.1, 0.15) is 0 Å². The van der Waals surface area contributed by atoms with Gasteiger partial charge in [0.2, 0.25) is 0 Å². The van der Waals surface area contributed by atoms with Gasteiger partial charge >= 0.3 is 6.18 Å². The molecule has 21 heavy (non-hydrogen) atoms. The maximum atomic E-state index is 12.3. The van der Waals surface area contributed by atoms with Gasteiger partial charge < -0.3 is 10.1 Å². The summed E-state index contributed by atoms with van der Waals surface area (Å²) < 4.78 is 42.2. The van der Waals surface area contributed by atoms with Crippen molar-refractivity contribution in [1.82, 2.24) is 15.1 Å². The van der Waals surface area contributed by atoms with Crippen molar-refractivity contribution in [3.8, 4) is 0 Å². The van der Waals surface area contributed by atoms with Gasteiger partial charge in [0, 0.05) is 52.0 Å². The van der Waals surface area contributed by atoms with E-state index < -0.39 is 12.7 Å². The molecule has 1 fully saturated rings. The van der Waals surface area contributed by atoms with Gasteiger partial charge in [-0.3, -0.25) is 9.80 Å². The third kappa shape index (κ3) is 8.60. The number of hydrogen-bond acceptors (Lipinski definition) is 4. The summed E-state index contributed by atoms with van der Waals surface area (Å²) in [5.41, 5.74) is 0. The van der Waals surface area contributed by atoms with Crippen molar-refractivity contribution in [3.05, 3.63) is 0 Å². The van der Waals surface area contributed by atoms with E-state index in [1.807, 2.05) is 6.92 Å². The van der Waals surface area contributed by atoms with Crippen LogP contribution in [-0.2, 0) is 4.74 Å². The SMILES string of the molecule is CCOCCCNCC(C)N1CCN(CC(F)(F)F)CC1. The summed E-state index contributed by atoms with van der Waals surface area (Å²) in [7, 11) is 0. The standard InChI is InChI=1S/C14H28F3N3O/c1-3-21-10-4-5-18-11-13(2)20-8-6-19(7-9-20)12-14(15,16)17/h13,18H,3-12H2,1-2H3. The lowest BCUT2D eigenvalue weighted by atomic mass is 10.2. The van der Waals surface area contributed by atoms with Gasteiger partial charge in [-0.05, 0) is 26.8 Å². The fourth-order valence-corrected chi connectivity index (χ4v) is 2.50. The maximum Gasteiger partial charge on any atom is 0.401 e. The summed E-state index contributed by atoms with van der Waals surface area (Å²) in [6, 6.07) is 0.352. The van der Waals surface area contributed by atoms with Crippen LogP contribution in [0.15, 0.2) is 0 Å². The van der Waals surface area contributed by atoms with Crippen LogP contribution in [0.5, 0.6) is 0 Å². The van der Waals surface area contributed by atoms with E-state index in [1.165, 1.54) is 4.90 Å². The molecule has 1 aliphatic heterocycles. The van der Waals surface area contributed by atoms with Crippen molar-refractivity contribution in [2.24, 2.45) is 0 Å². The Morgan fingerprint density at radius 2 is 1.86 bits per heavy atom. The molecule has 0 amide bonds. The number of rotatable bonds is 9. The normalized spacial score (nSPS) is 19.9. The Bertz CT molecular complexity index is 269. The lowest BCUT2D eigenvalue weighted by Gasteiger charge is -2.38. The molecule has 0 radical (unpaired) electrons. The van der Waals surface area contributed by atoms with Gasteiger partial charge in [-0.15, -0.1) is 0 Å². The molecule has 1 heterocycles. The molecule has 0 aromatic heterocycles. The first-order valence-corrected chi connectivity index (χ1v) is 7.74. The summed E-state index contributed by atoms with van der Waals surface area (Å²) >= 11 is 0. The zero-order valence-electron chi connectivity index (χ0n) is 13.1. The van der Waals surface area contributed by atoms with Crippen LogP contribution in [0.25, 0.3) is 0 Å². The zero-order valence-corrected chi connectivity index (χ0v) is 13.1. The van der Waals surface area contributed by atoms with E-state index in [1.54, 1.807) is 0 Å². The summed E-state index contributed by atoms with van der Waals surface area (Å²) in [4.78, 5) is 3.74. The molecule has 0 aliphatic carbocycles. The lowest BCUT2D eigenvalue weighted by Crippen LogP contribution is -2.53. The van der Waals surface area contributed by atoms with Crippen LogP contribution in [0.4, 0.5) is 13.2 Å². The number of halogens is 3. The van der Waals surface area contributed by atoms with E-state index >= 15 is 0 Å². The number of hydrogen-bond donors (Lipinski definition) is 1. The minimum atomic E-state index is -4.09. The maximum absolute atomic E-state index is 12.3. The first-order chi connectivity index (χ1) is 9.92. The highest BCUT2D eigenvalue weighted by Crippen LogP contribution is 2.17. The lowest BCUT2D eigenvalue weighted by molar-refractivity contribution is -0.149. The molecular formula is C14H28F3N3O. The molecular weight excluding hydrogens is 283 g/mol. The highest BCUT2D eigenvalue weighted by atomic mass is 19.4. The highest BCUT2D eigenvalue weighted by Gasteiger charge is 2.32. The number of nitrogens with zero attached hydrogens (tertiary/aromatic N) is 2. The fraction of sp³-hybridized carbons (Fsp3) is 1.00. The quantitative estimate of drug-likeness (QED) is 0.654. The van der Waals surface area contributed by atoms with Gasteiger partial charge in [-0.25, -0.2) is 0 Å². The molecule has 0 aromatic rings. The fourth-order valence-electron chi connectivity index (χ4n) is 2.50. The van der Waals surface area contributed by atoms with Crippen LogP contribution in [0.2, 0.25) is 0 Å². The molecule has 1 saturated heterocycles. The summed E-state index contributed by atoms with van der Waals surface area (Å²) in [6.45, 7) is 9.02. The number of alkyl halides is 3. The molecule has 4 nitrogen and oxygen atoms in total. The van der Waals surface area contributed by atoms with Gasteiger partial charge in [0.05, 0.1) is 6.54 Å². The van der Waals surface area contributed by atoms with Crippen LogP contribution in [0, 0.1) is 0 Å². The molecule has 0 aromatic carbocycles. The van der Waals surface area contributed by atoms with E-state index in [2.05, 4.69) is 17.1 Å². The monoisotopic (exact) mass is 311 g/mol. The predicted molar refractivity (Wildman–Crippen MR) is 77.5 cm³/mol.